The summed E-state index contributed by atoms with van der Waals surface area (Å²) in [6.07, 6.45) is -0.369. The number of β-amino-alcohol motifs (C(OH)–C–C–N with tert-alkyl or cyclic N) is 1. The van der Waals surface area contributed by atoms with Crippen molar-refractivity contribution in [1.29, 1.82) is 0 Å². The number of sulfonamides is 1. The van der Waals surface area contributed by atoms with Gasteiger partial charge in [-0.1, -0.05) is 6.07 Å². The van der Waals surface area contributed by atoms with Crippen LogP contribution < -0.4 is 5.73 Å². The monoisotopic (exact) mass is 317 g/mol. The van der Waals surface area contributed by atoms with E-state index in [1.165, 1.54) is 16.4 Å². The summed E-state index contributed by atoms with van der Waals surface area (Å²) < 4.78 is 40.1. The number of aliphatic hydroxyl groups excluding tert-OH is 1. The highest BCUT2D eigenvalue weighted by atomic mass is 32.2. The van der Waals surface area contributed by atoms with Crippen LogP contribution in [0.5, 0.6) is 0 Å². The fourth-order valence-electron chi connectivity index (χ4n) is 2.61. The molecular weight excluding hydrogens is 297 g/mol. The average molecular weight is 317 g/mol. The number of hydrogen-bond acceptors (Lipinski definition) is 5. The highest BCUT2D eigenvalue weighted by Crippen LogP contribution is 2.30. The SMILES string of the molecule is CN(C)CC1CC(O)CN1S(=O)(=O)c1cccc(F)c1N. The smallest absolute Gasteiger partial charge is 0.245 e. The second kappa shape index (κ2) is 5.88. The fourth-order valence-corrected chi connectivity index (χ4v) is 4.41. The first-order chi connectivity index (χ1) is 9.73. The molecule has 1 aliphatic heterocycles. The Morgan fingerprint density at radius 2 is 2.14 bits per heavy atom. The van der Waals surface area contributed by atoms with E-state index in [2.05, 4.69) is 0 Å². The van der Waals surface area contributed by atoms with Crippen LogP contribution in [0.4, 0.5) is 10.1 Å². The van der Waals surface area contributed by atoms with Gasteiger partial charge in [0.1, 0.15) is 10.7 Å². The third kappa shape index (κ3) is 3.18. The second-order valence-electron chi connectivity index (χ2n) is 5.53. The minimum Gasteiger partial charge on any atom is -0.395 e. The molecule has 0 amide bonds. The average Bonchev–Trinajstić information content (AvgIpc) is 2.73. The van der Waals surface area contributed by atoms with Crippen molar-refractivity contribution in [2.24, 2.45) is 0 Å². The van der Waals surface area contributed by atoms with E-state index in [0.717, 1.165) is 6.07 Å². The van der Waals surface area contributed by atoms with Crippen molar-refractivity contribution in [3.05, 3.63) is 24.0 Å². The molecule has 0 spiro atoms. The molecule has 118 valence electrons. The minimum atomic E-state index is -3.94. The zero-order valence-electron chi connectivity index (χ0n) is 12.0. The van der Waals surface area contributed by atoms with Gasteiger partial charge in [0, 0.05) is 19.1 Å². The van der Waals surface area contributed by atoms with Crippen molar-refractivity contribution in [2.75, 3.05) is 32.9 Å². The maximum Gasteiger partial charge on any atom is 0.245 e. The normalized spacial score (nSPS) is 23.9. The van der Waals surface area contributed by atoms with Gasteiger partial charge in [-0.05, 0) is 32.6 Å². The summed E-state index contributed by atoms with van der Waals surface area (Å²) in [4.78, 5) is 1.60. The maximum absolute atomic E-state index is 13.5. The predicted octanol–water partition coefficient (Wildman–Crippen LogP) is 0.0934. The largest absolute Gasteiger partial charge is 0.395 e. The van der Waals surface area contributed by atoms with Crippen molar-refractivity contribution in [3.8, 4) is 0 Å². The van der Waals surface area contributed by atoms with Crippen LogP contribution in [0.1, 0.15) is 6.42 Å². The Morgan fingerprint density at radius 1 is 1.48 bits per heavy atom. The van der Waals surface area contributed by atoms with Crippen LogP contribution in [0.25, 0.3) is 0 Å². The van der Waals surface area contributed by atoms with Gasteiger partial charge in [0.25, 0.3) is 0 Å². The molecule has 1 fully saturated rings. The molecule has 2 atom stereocenters. The Balaban J connectivity index is 2.40. The third-order valence-corrected chi connectivity index (χ3v) is 5.49. The Labute approximate surface area is 124 Å². The molecule has 1 saturated heterocycles. The van der Waals surface area contributed by atoms with E-state index < -0.39 is 21.9 Å². The van der Waals surface area contributed by atoms with E-state index in [1.54, 1.807) is 0 Å². The topological polar surface area (TPSA) is 86.9 Å². The molecule has 1 heterocycles. The van der Waals surface area contributed by atoms with Crippen molar-refractivity contribution >= 4 is 15.7 Å². The van der Waals surface area contributed by atoms with E-state index in [9.17, 15) is 17.9 Å². The van der Waals surface area contributed by atoms with Gasteiger partial charge in [-0.2, -0.15) is 4.31 Å². The third-order valence-electron chi connectivity index (χ3n) is 3.52. The summed E-state index contributed by atoms with van der Waals surface area (Å²) >= 11 is 0. The van der Waals surface area contributed by atoms with E-state index in [0.29, 0.717) is 13.0 Å². The lowest BCUT2D eigenvalue weighted by atomic mass is 10.2. The predicted molar refractivity (Wildman–Crippen MR) is 77.7 cm³/mol. The van der Waals surface area contributed by atoms with Crippen LogP contribution in [0.2, 0.25) is 0 Å². The van der Waals surface area contributed by atoms with Gasteiger partial charge in [0.15, 0.2) is 0 Å². The Morgan fingerprint density at radius 3 is 2.76 bits per heavy atom. The number of nitrogens with two attached hydrogens (primary N) is 1. The number of para-hydroxylation sites is 1. The number of nitrogens with zero attached hydrogens (tertiary/aromatic N) is 2. The molecule has 6 nitrogen and oxygen atoms in total. The molecule has 0 aromatic heterocycles. The molecule has 0 radical (unpaired) electrons. The number of halogens is 1. The van der Waals surface area contributed by atoms with Crippen LogP contribution in [0.3, 0.4) is 0 Å². The molecule has 0 bridgehead atoms. The highest BCUT2D eigenvalue weighted by molar-refractivity contribution is 7.89. The summed E-state index contributed by atoms with van der Waals surface area (Å²) in [6, 6.07) is 3.35. The van der Waals surface area contributed by atoms with Crippen LogP contribution in [-0.2, 0) is 10.0 Å². The molecule has 3 N–H and O–H groups in total. The van der Waals surface area contributed by atoms with E-state index in [-0.39, 0.29) is 23.2 Å². The summed E-state index contributed by atoms with van der Waals surface area (Å²) in [7, 11) is -0.287. The number of anilines is 1. The minimum absolute atomic E-state index is 0.00318. The molecule has 0 saturated carbocycles. The Bertz CT molecular complexity index is 621. The number of rotatable bonds is 4. The summed E-state index contributed by atoms with van der Waals surface area (Å²) in [5, 5.41) is 9.79. The lowest BCUT2D eigenvalue weighted by Gasteiger charge is -2.26. The molecular formula is C13H20FN3O3S. The Kier molecular flexibility index (Phi) is 4.52. The molecule has 1 aliphatic rings. The Hall–Kier alpha value is -1.22. The first-order valence-corrected chi connectivity index (χ1v) is 8.06. The molecule has 1 aromatic carbocycles. The molecule has 8 heteroatoms. The van der Waals surface area contributed by atoms with Gasteiger partial charge >= 0.3 is 0 Å². The quantitative estimate of drug-likeness (QED) is 0.769. The number of benzene rings is 1. The molecule has 0 aliphatic carbocycles. The summed E-state index contributed by atoms with van der Waals surface area (Å²) in [5.41, 5.74) is 5.18. The van der Waals surface area contributed by atoms with E-state index in [4.69, 9.17) is 5.73 Å². The number of hydrogen-bond donors (Lipinski definition) is 2. The second-order valence-corrected chi connectivity index (χ2v) is 7.39. The highest BCUT2D eigenvalue weighted by Gasteiger charge is 2.40. The van der Waals surface area contributed by atoms with Crippen molar-refractivity contribution < 1.29 is 17.9 Å². The summed E-state index contributed by atoms with van der Waals surface area (Å²) in [6.45, 7) is 0.475. The zero-order chi connectivity index (χ0) is 15.8. The molecule has 2 unspecified atom stereocenters. The lowest BCUT2D eigenvalue weighted by molar-refractivity contribution is 0.188. The van der Waals surface area contributed by atoms with E-state index in [1.807, 2.05) is 19.0 Å². The van der Waals surface area contributed by atoms with Gasteiger partial charge in [-0.3, -0.25) is 0 Å². The lowest BCUT2D eigenvalue weighted by Crippen LogP contribution is -2.41. The van der Waals surface area contributed by atoms with Crippen molar-refractivity contribution in [2.45, 2.75) is 23.5 Å². The number of likely N-dealkylation sites (N-methyl/N-ethyl adjacent to an activating group) is 1. The first kappa shape index (κ1) is 16.2. The van der Waals surface area contributed by atoms with Crippen LogP contribution in [0, 0.1) is 5.82 Å². The van der Waals surface area contributed by atoms with Gasteiger partial charge in [0.2, 0.25) is 10.0 Å². The first-order valence-electron chi connectivity index (χ1n) is 6.62. The van der Waals surface area contributed by atoms with Crippen LogP contribution in [-0.4, -0.2) is 62.1 Å². The van der Waals surface area contributed by atoms with Crippen LogP contribution >= 0.6 is 0 Å². The standard InChI is InChI=1S/C13H20FN3O3S/c1-16(2)7-9-6-10(18)8-17(9)21(19,20)12-5-3-4-11(14)13(12)15/h3-5,9-10,18H,6-8,15H2,1-2H3. The maximum atomic E-state index is 13.5. The van der Waals surface area contributed by atoms with Gasteiger partial charge in [-0.25, -0.2) is 12.8 Å². The van der Waals surface area contributed by atoms with Crippen molar-refractivity contribution in [1.82, 2.24) is 9.21 Å². The fraction of sp³-hybridized carbons (Fsp3) is 0.538. The summed E-state index contributed by atoms with van der Waals surface area (Å²) in [5.74, 6) is -0.764. The van der Waals surface area contributed by atoms with Gasteiger partial charge < -0.3 is 15.7 Å². The molecule has 21 heavy (non-hydrogen) atoms. The molecule has 2 rings (SSSR count). The molecule has 1 aromatic rings. The van der Waals surface area contributed by atoms with Crippen LogP contribution in [0.15, 0.2) is 23.1 Å². The van der Waals surface area contributed by atoms with Gasteiger partial charge in [-0.15, -0.1) is 0 Å². The van der Waals surface area contributed by atoms with E-state index >= 15 is 0 Å². The zero-order valence-corrected chi connectivity index (χ0v) is 12.8. The van der Waals surface area contributed by atoms with Crippen molar-refractivity contribution in [3.63, 3.8) is 0 Å². The number of aliphatic hydroxyl groups is 1. The number of nitrogen functional groups attached to an aromatic ring is 1. The van der Waals surface area contributed by atoms with Gasteiger partial charge in [0.05, 0.1) is 11.8 Å².